The Morgan fingerprint density at radius 1 is 1.20 bits per heavy atom. The zero-order chi connectivity index (χ0) is 14.7. The van der Waals surface area contributed by atoms with E-state index in [1.165, 1.54) is 0 Å². The predicted octanol–water partition coefficient (Wildman–Crippen LogP) is 3.81. The molecule has 0 bridgehead atoms. The number of benzene rings is 1. The molecule has 104 valence electrons. The number of carbonyl (C=O) groups is 1. The molecule has 0 aliphatic rings. The van der Waals surface area contributed by atoms with E-state index in [4.69, 9.17) is 11.6 Å². The molecule has 5 heteroatoms. The van der Waals surface area contributed by atoms with Crippen molar-refractivity contribution in [2.24, 2.45) is 0 Å². The standard InChI is InChI=1S/C15H16ClN3O/c1-9(2)12-7-8-14(19-18-12)15(20)17-13-6-4-5-11(16)10(13)3/h4-9H,1-3H3,(H,17,20). The largest absolute Gasteiger partial charge is 0.320 e. The monoisotopic (exact) mass is 289 g/mol. The number of nitrogens with zero attached hydrogens (tertiary/aromatic N) is 2. The highest BCUT2D eigenvalue weighted by atomic mass is 35.5. The number of hydrogen-bond donors (Lipinski definition) is 1. The number of amides is 1. The average Bonchev–Trinajstić information content (AvgIpc) is 2.44. The Balaban J connectivity index is 2.18. The van der Waals surface area contributed by atoms with Gasteiger partial charge in [-0.15, -0.1) is 5.10 Å². The number of anilines is 1. The molecule has 1 amide bonds. The number of hydrogen-bond acceptors (Lipinski definition) is 3. The molecule has 0 aliphatic heterocycles. The normalized spacial score (nSPS) is 10.7. The van der Waals surface area contributed by atoms with Crippen LogP contribution in [0.15, 0.2) is 30.3 Å². The van der Waals surface area contributed by atoms with Crippen LogP contribution in [-0.4, -0.2) is 16.1 Å². The Morgan fingerprint density at radius 3 is 2.55 bits per heavy atom. The fourth-order valence-electron chi connectivity index (χ4n) is 1.70. The van der Waals surface area contributed by atoms with Crippen molar-refractivity contribution in [3.8, 4) is 0 Å². The van der Waals surface area contributed by atoms with Gasteiger partial charge in [0.1, 0.15) is 0 Å². The lowest BCUT2D eigenvalue weighted by atomic mass is 10.1. The highest BCUT2D eigenvalue weighted by Crippen LogP contribution is 2.23. The molecule has 0 radical (unpaired) electrons. The summed E-state index contributed by atoms with van der Waals surface area (Å²) in [5.41, 5.74) is 2.65. The van der Waals surface area contributed by atoms with E-state index in [-0.39, 0.29) is 17.5 Å². The zero-order valence-electron chi connectivity index (χ0n) is 11.6. The molecule has 1 heterocycles. The summed E-state index contributed by atoms with van der Waals surface area (Å²) in [6, 6.07) is 8.87. The summed E-state index contributed by atoms with van der Waals surface area (Å²) in [5.74, 6) is -0.00652. The number of nitrogens with one attached hydrogen (secondary N) is 1. The zero-order valence-corrected chi connectivity index (χ0v) is 12.4. The lowest BCUT2D eigenvalue weighted by molar-refractivity contribution is 0.102. The van der Waals surface area contributed by atoms with Crippen LogP contribution in [0.3, 0.4) is 0 Å². The molecule has 0 unspecified atom stereocenters. The third-order valence-electron chi connectivity index (χ3n) is 3.03. The van der Waals surface area contributed by atoms with Crippen molar-refractivity contribution in [2.45, 2.75) is 26.7 Å². The van der Waals surface area contributed by atoms with Crippen molar-refractivity contribution in [3.05, 3.63) is 52.3 Å². The molecule has 1 aromatic carbocycles. The van der Waals surface area contributed by atoms with Gasteiger partial charge in [0.15, 0.2) is 5.69 Å². The van der Waals surface area contributed by atoms with E-state index in [0.717, 1.165) is 11.3 Å². The van der Waals surface area contributed by atoms with Gasteiger partial charge in [0.25, 0.3) is 5.91 Å². The maximum absolute atomic E-state index is 12.1. The number of aromatic nitrogens is 2. The van der Waals surface area contributed by atoms with Crippen molar-refractivity contribution in [3.63, 3.8) is 0 Å². The molecule has 1 aromatic heterocycles. The molecule has 0 atom stereocenters. The number of rotatable bonds is 3. The Morgan fingerprint density at radius 2 is 1.95 bits per heavy atom. The highest BCUT2D eigenvalue weighted by molar-refractivity contribution is 6.31. The molecular weight excluding hydrogens is 274 g/mol. The Bertz CT molecular complexity index is 624. The van der Waals surface area contributed by atoms with E-state index >= 15 is 0 Å². The van der Waals surface area contributed by atoms with Crippen LogP contribution in [0.1, 0.15) is 41.5 Å². The maximum Gasteiger partial charge on any atom is 0.276 e. The van der Waals surface area contributed by atoms with Crippen LogP contribution in [0, 0.1) is 6.92 Å². The highest BCUT2D eigenvalue weighted by Gasteiger charge is 2.11. The van der Waals surface area contributed by atoms with E-state index in [9.17, 15) is 4.79 Å². The van der Waals surface area contributed by atoms with Crippen molar-refractivity contribution in [2.75, 3.05) is 5.32 Å². The van der Waals surface area contributed by atoms with Crippen molar-refractivity contribution in [1.29, 1.82) is 0 Å². The van der Waals surface area contributed by atoms with Crippen LogP contribution in [0.25, 0.3) is 0 Å². The fourth-order valence-corrected chi connectivity index (χ4v) is 1.88. The maximum atomic E-state index is 12.1. The molecular formula is C15H16ClN3O. The third-order valence-corrected chi connectivity index (χ3v) is 3.43. The topological polar surface area (TPSA) is 54.9 Å². The first-order valence-electron chi connectivity index (χ1n) is 6.39. The minimum atomic E-state index is -0.293. The molecule has 0 saturated heterocycles. The second-order valence-corrected chi connectivity index (χ2v) is 5.27. The second kappa shape index (κ2) is 6.01. The van der Waals surface area contributed by atoms with Gasteiger partial charge >= 0.3 is 0 Å². The first-order chi connectivity index (χ1) is 9.49. The summed E-state index contributed by atoms with van der Waals surface area (Å²) in [5, 5.41) is 11.4. The van der Waals surface area contributed by atoms with Gasteiger partial charge in [0.05, 0.1) is 5.69 Å². The number of carbonyl (C=O) groups excluding carboxylic acids is 1. The van der Waals surface area contributed by atoms with Gasteiger partial charge in [-0.2, -0.15) is 5.10 Å². The summed E-state index contributed by atoms with van der Waals surface area (Å²) >= 11 is 6.02. The summed E-state index contributed by atoms with van der Waals surface area (Å²) in [7, 11) is 0. The van der Waals surface area contributed by atoms with Gasteiger partial charge in [-0.05, 0) is 42.7 Å². The fraction of sp³-hybridized carbons (Fsp3) is 0.267. The minimum Gasteiger partial charge on any atom is -0.320 e. The summed E-state index contributed by atoms with van der Waals surface area (Å²) in [4.78, 5) is 12.1. The Kier molecular flexibility index (Phi) is 4.35. The lowest BCUT2D eigenvalue weighted by Gasteiger charge is -2.09. The molecule has 0 spiro atoms. The molecule has 2 aromatic rings. The Hall–Kier alpha value is -1.94. The van der Waals surface area contributed by atoms with Gasteiger partial charge in [0, 0.05) is 10.7 Å². The van der Waals surface area contributed by atoms with E-state index in [2.05, 4.69) is 15.5 Å². The summed E-state index contributed by atoms with van der Waals surface area (Å²) in [6.45, 7) is 5.91. The first-order valence-corrected chi connectivity index (χ1v) is 6.77. The van der Waals surface area contributed by atoms with Gasteiger partial charge in [-0.3, -0.25) is 4.79 Å². The van der Waals surface area contributed by atoms with Gasteiger partial charge in [-0.25, -0.2) is 0 Å². The summed E-state index contributed by atoms with van der Waals surface area (Å²) < 4.78 is 0. The van der Waals surface area contributed by atoms with Crippen LogP contribution in [0.2, 0.25) is 5.02 Å². The van der Waals surface area contributed by atoms with Crippen LogP contribution >= 0.6 is 11.6 Å². The van der Waals surface area contributed by atoms with Crippen molar-refractivity contribution >= 4 is 23.2 Å². The number of halogens is 1. The molecule has 0 fully saturated rings. The van der Waals surface area contributed by atoms with Crippen LogP contribution in [-0.2, 0) is 0 Å². The minimum absolute atomic E-state index is 0.286. The van der Waals surface area contributed by atoms with Gasteiger partial charge in [-0.1, -0.05) is 31.5 Å². The van der Waals surface area contributed by atoms with Gasteiger partial charge < -0.3 is 5.32 Å². The van der Waals surface area contributed by atoms with Crippen molar-refractivity contribution in [1.82, 2.24) is 10.2 Å². The van der Waals surface area contributed by atoms with Gasteiger partial charge in [0.2, 0.25) is 0 Å². The van der Waals surface area contributed by atoms with E-state index in [1.54, 1.807) is 24.3 Å². The third kappa shape index (κ3) is 3.14. The average molecular weight is 290 g/mol. The molecule has 0 aliphatic carbocycles. The van der Waals surface area contributed by atoms with Crippen LogP contribution in [0.4, 0.5) is 5.69 Å². The molecule has 0 saturated carbocycles. The Labute approximate surface area is 123 Å². The SMILES string of the molecule is Cc1c(Cl)cccc1NC(=O)c1ccc(C(C)C)nn1. The quantitative estimate of drug-likeness (QED) is 0.934. The second-order valence-electron chi connectivity index (χ2n) is 4.86. The van der Waals surface area contributed by atoms with Crippen molar-refractivity contribution < 1.29 is 4.79 Å². The molecule has 1 N–H and O–H groups in total. The molecule has 4 nitrogen and oxygen atoms in total. The van der Waals surface area contributed by atoms with E-state index < -0.39 is 0 Å². The lowest BCUT2D eigenvalue weighted by Crippen LogP contribution is -2.15. The molecule has 2 rings (SSSR count). The van der Waals surface area contributed by atoms with E-state index in [0.29, 0.717) is 10.7 Å². The first kappa shape index (κ1) is 14.5. The smallest absolute Gasteiger partial charge is 0.276 e. The predicted molar refractivity (Wildman–Crippen MR) is 80.3 cm³/mol. The van der Waals surface area contributed by atoms with Crippen LogP contribution in [0.5, 0.6) is 0 Å². The van der Waals surface area contributed by atoms with Crippen LogP contribution < -0.4 is 5.32 Å². The molecule has 20 heavy (non-hydrogen) atoms. The van der Waals surface area contributed by atoms with E-state index in [1.807, 2.05) is 26.8 Å². The summed E-state index contributed by atoms with van der Waals surface area (Å²) in [6.07, 6.45) is 0.